The third-order valence-electron chi connectivity index (χ3n) is 4.02. The second-order valence-electron chi connectivity index (χ2n) is 6.21. The number of nitrogens with zero attached hydrogens (tertiary/aromatic N) is 1. The number of carbonyl (C=O) groups excluding carboxylic acids is 1. The summed E-state index contributed by atoms with van der Waals surface area (Å²) in [7, 11) is -3.75. The number of sulfonamides is 1. The number of amides is 1. The van der Waals surface area contributed by atoms with Crippen molar-refractivity contribution in [3.05, 3.63) is 64.1 Å². The number of carbonyl (C=O) groups is 1. The van der Waals surface area contributed by atoms with E-state index in [2.05, 4.69) is 5.32 Å². The summed E-state index contributed by atoms with van der Waals surface area (Å²) in [5.41, 5.74) is 1.36. The van der Waals surface area contributed by atoms with Crippen LogP contribution in [0.2, 0.25) is 10.0 Å². The molecule has 0 spiro atoms. The first-order valence-corrected chi connectivity index (χ1v) is 11.1. The van der Waals surface area contributed by atoms with Gasteiger partial charge in [0.1, 0.15) is 6.04 Å². The molecular weight excluding hydrogens is 407 g/mol. The fourth-order valence-corrected chi connectivity index (χ4v) is 4.34. The summed E-state index contributed by atoms with van der Waals surface area (Å²) in [5, 5.41) is 3.32. The van der Waals surface area contributed by atoms with E-state index in [1.807, 2.05) is 30.3 Å². The predicted molar refractivity (Wildman–Crippen MR) is 111 cm³/mol. The van der Waals surface area contributed by atoms with Gasteiger partial charge in [0, 0.05) is 11.6 Å². The minimum Gasteiger partial charge on any atom is -0.354 e. The Morgan fingerprint density at radius 1 is 1.15 bits per heavy atom. The van der Waals surface area contributed by atoms with Gasteiger partial charge in [-0.2, -0.15) is 0 Å². The van der Waals surface area contributed by atoms with Crippen LogP contribution in [0, 0.1) is 0 Å². The highest BCUT2D eigenvalue weighted by Crippen LogP contribution is 2.32. The van der Waals surface area contributed by atoms with Gasteiger partial charge in [0.2, 0.25) is 15.9 Å². The van der Waals surface area contributed by atoms with Gasteiger partial charge in [0.25, 0.3) is 0 Å². The summed E-state index contributed by atoms with van der Waals surface area (Å²) in [6.07, 6.45) is 2.61. The van der Waals surface area contributed by atoms with Crippen molar-refractivity contribution in [3.8, 4) is 0 Å². The van der Waals surface area contributed by atoms with Gasteiger partial charge in [-0.15, -0.1) is 0 Å². The Hall–Kier alpha value is -1.76. The Balaban J connectivity index is 2.05. The number of anilines is 1. The maximum atomic E-state index is 12.5. The Bertz CT molecular complexity index is 889. The van der Waals surface area contributed by atoms with E-state index in [-0.39, 0.29) is 10.7 Å². The van der Waals surface area contributed by atoms with Crippen LogP contribution in [-0.2, 0) is 21.2 Å². The first-order valence-electron chi connectivity index (χ1n) is 8.46. The molecule has 2 aromatic rings. The summed E-state index contributed by atoms with van der Waals surface area (Å²) < 4.78 is 25.6. The van der Waals surface area contributed by atoms with Crippen molar-refractivity contribution in [2.24, 2.45) is 0 Å². The summed E-state index contributed by atoms with van der Waals surface area (Å²) >= 11 is 12.1. The maximum absolute atomic E-state index is 12.5. The lowest BCUT2D eigenvalue weighted by atomic mass is 10.1. The molecule has 0 aromatic heterocycles. The molecule has 146 valence electrons. The van der Waals surface area contributed by atoms with Crippen molar-refractivity contribution in [1.82, 2.24) is 5.32 Å². The number of halogens is 2. The standard InChI is InChI=1S/C19H22Cl2N2O3S/c1-14(19(24)22-12-6-9-15-7-4-3-5-8-15)23(27(2,25)26)18-13-16(20)10-11-17(18)21/h3-5,7-8,10-11,13-14H,6,9,12H2,1-2H3,(H,22,24)/t14-/m1/s1. The lowest BCUT2D eigenvalue weighted by Crippen LogP contribution is -2.48. The van der Waals surface area contributed by atoms with Crippen molar-refractivity contribution in [2.75, 3.05) is 17.1 Å². The van der Waals surface area contributed by atoms with Crippen molar-refractivity contribution < 1.29 is 13.2 Å². The molecule has 5 nitrogen and oxygen atoms in total. The third kappa shape index (κ3) is 6.13. The molecule has 0 aliphatic heterocycles. The Morgan fingerprint density at radius 2 is 1.81 bits per heavy atom. The van der Waals surface area contributed by atoms with Gasteiger partial charge in [0.05, 0.1) is 17.0 Å². The van der Waals surface area contributed by atoms with Gasteiger partial charge in [-0.3, -0.25) is 9.10 Å². The predicted octanol–water partition coefficient (Wildman–Crippen LogP) is 3.90. The minimum atomic E-state index is -3.75. The van der Waals surface area contributed by atoms with Crippen LogP contribution in [0.1, 0.15) is 18.9 Å². The molecule has 0 aliphatic rings. The van der Waals surface area contributed by atoms with Crippen LogP contribution in [0.25, 0.3) is 0 Å². The Labute approximate surface area is 170 Å². The summed E-state index contributed by atoms with van der Waals surface area (Å²) in [5.74, 6) is -0.399. The average Bonchev–Trinajstić information content (AvgIpc) is 2.61. The van der Waals surface area contributed by atoms with Crippen LogP contribution >= 0.6 is 23.2 Å². The lowest BCUT2D eigenvalue weighted by Gasteiger charge is -2.29. The number of hydrogen-bond donors (Lipinski definition) is 1. The number of rotatable bonds is 8. The zero-order valence-corrected chi connectivity index (χ0v) is 17.5. The highest BCUT2D eigenvalue weighted by molar-refractivity contribution is 7.92. The van der Waals surface area contributed by atoms with Gasteiger partial charge in [-0.05, 0) is 43.5 Å². The zero-order chi connectivity index (χ0) is 20.0. The quantitative estimate of drug-likeness (QED) is 0.648. The third-order valence-corrected chi connectivity index (χ3v) is 5.80. The number of hydrogen-bond acceptors (Lipinski definition) is 3. The smallest absolute Gasteiger partial charge is 0.243 e. The molecule has 0 unspecified atom stereocenters. The molecule has 1 atom stereocenters. The van der Waals surface area contributed by atoms with Crippen LogP contribution in [0.3, 0.4) is 0 Å². The van der Waals surface area contributed by atoms with Gasteiger partial charge < -0.3 is 5.32 Å². The Kier molecular flexibility index (Phi) is 7.53. The SMILES string of the molecule is C[C@H](C(=O)NCCCc1ccccc1)N(c1cc(Cl)ccc1Cl)S(C)(=O)=O. The summed E-state index contributed by atoms with van der Waals surface area (Å²) in [6.45, 7) is 1.96. The molecule has 0 heterocycles. The van der Waals surface area contributed by atoms with Crippen molar-refractivity contribution in [1.29, 1.82) is 0 Å². The number of benzene rings is 2. The molecule has 0 aliphatic carbocycles. The van der Waals surface area contributed by atoms with Crippen molar-refractivity contribution in [3.63, 3.8) is 0 Å². The minimum absolute atomic E-state index is 0.179. The van der Waals surface area contributed by atoms with Gasteiger partial charge in [0.15, 0.2) is 0 Å². The fraction of sp³-hybridized carbons (Fsp3) is 0.316. The van der Waals surface area contributed by atoms with Crippen LogP contribution < -0.4 is 9.62 Å². The van der Waals surface area contributed by atoms with Gasteiger partial charge >= 0.3 is 0 Å². The maximum Gasteiger partial charge on any atom is 0.243 e. The van der Waals surface area contributed by atoms with Gasteiger partial charge in [-0.1, -0.05) is 53.5 Å². The lowest BCUT2D eigenvalue weighted by molar-refractivity contribution is -0.121. The van der Waals surface area contributed by atoms with E-state index >= 15 is 0 Å². The van der Waals surface area contributed by atoms with Gasteiger partial charge in [-0.25, -0.2) is 8.42 Å². The largest absolute Gasteiger partial charge is 0.354 e. The second kappa shape index (κ2) is 9.44. The second-order valence-corrected chi connectivity index (χ2v) is 8.91. The summed E-state index contributed by atoms with van der Waals surface area (Å²) in [6, 6.07) is 13.5. The first-order chi connectivity index (χ1) is 12.7. The molecule has 0 fully saturated rings. The van der Waals surface area contributed by atoms with E-state index in [0.717, 1.165) is 23.4 Å². The van der Waals surface area contributed by atoms with Crippen LogP contribution in [0.5, 0.6) is 0 Å². The van der Waals surface area contributed by atoms with E-state index in [1.54, 1.807) is 6.07 Å². The van der Waals surface area contributed by atoms with E-state index in [4.69, 9.17) is 23.2 Å². The molecule has 2 rings (SSSR count). The van der Waals surface area contributed by atoms with E-state index < -0.39 is 22.0 Å². The molecule has 8 heteroatoms. The highest BCUT2D eigenvalue weighted by Gasteiger charge is 2.30. The number of nitrogens with one attached hydrogen (secondary N) is 1. The van der Waals surface area contributed by atoms with Crippen LogP contribution in [0.15, 0.2) is 48.5 Å². The Morgan fingerprint density at radius 3 is 2.44 bits per heavy atom. The van der Waals surface area contributed by atoms with Crippen LogP contribution in [-0.4, -0.2) is 33.2 Å². The highest BCUT2D eigenvalue weighted by atomic mass is 35.5. The molecule has 1 N–H and O–H groups in total. The molecule has 27 heavy (non-hydrogen) atoms. The van der Waals surface area contributed by atoms with E-state index in [9.17, 15) is 13.2 Å². The average molecular weight is 429 g/mol. The molecule has 0 saturated carbocycles. The molecule has 2 aromatic carbocycles. The molecule has 0 radical (unpaired) electrons. The molecule has 0 saturated heterocycles. The fourth-order valence-electron chi connectivity index (χ4n) is 2.73. The van der Waals surface area contributed by atoms with E-state index in [0.29, 0.717) is 11.6 Å². The van der Waals surface area contributed by atoms with Crippen molar-refractivity contribution in [2.45, 2.75) is 25.8 Å². The monoisotopic (exact) mass is 428 g/mol. The normalized spacial score (nSPS) is 12.4. The molecule has 0 bridgehead atoms. The van der Waals surface area contributed by atoms with E-state index in [1.165, 1.54) is 24.6 Å². The number of aryl methyl sites for hydroxylation is 1. The molecule has 1 amide bonds. The molecular formula is C19H22Cl2N2O3S. The van der Waals surface area contributed by atoms with Crippen molar-refractivity contribution >= 4 is 44.8 Å². The first kappa shape index (κ1) is 21.5. The topological polar surface area (TPSA) is 66.5 Å². The van der Waals surface area contributed by atoms with Crippen LogP contribution in [0.4, 0.5) is 5.69 Å². The summed E-state index contributed by atoms with van der Waals surface area (Å²) in [4.78, 5) is 12.5. The zero-order valence-electron chi connectivity index (χ0n) is 15.2.